The van der Waals surface area contributed by atoms with Crippen LogP contribution in [0.4, 0.5) is 5.69 Å². The van der Waals surface area contributed by atoms with Crippen molar-refractivity contribution in [1.29, 1.82) is 0 Å². The zero-order chi connectivity index (χ0) is 18.9. The number of carbonyl (C=O) groups is 2. The highest BCUT2D eigenvalue weighted by molar-refractivity contribution is 9.10. The molecule has 1 N–H and O–H groups in total. The Morgan fingerprint density at radius 2 is 1.85 bits per heavy atom. The Kier molecular flexibility index (Phi) is 7.66. The lowest BCUT2D eigenvalue weighted by Crippen LogP contribution is -2.23. The van der Waals surface area contributed by atoms with E-state index in [2.05, 4.69) is 35.1 Å². The molecule has 2 rings (SSSR count). The first-order valence-corrected chi connectivity index (χ1v) is 9.21. The van der Waals surface area contributed by atoms with Crippen LogP contribution in [-0.4, -0.2) is 25.1 Å². The minimum Gasteiger partial charge on any atom is -0.482 e. The Hall–Kier alpha value is -2.34. The summed E-state index contributed by atoms with van der Waals surface area (Å²) in [5.41, 5.74) is 1.89. The minimum absolute atomic E-state index is 0.257. The lowest BCUT2D eigenvalue weighted by atomic mass is 9.99. The van der Waals surface area contributed by atoms with Gasteiger partial charge in [0.2, 0.25) is 0 Å². The van der Waals surface area contributed by atoms with Crippen molar-refractivity contribution < 1.29 is 19.1 Å². The van der Waals surface area contributed by atoms with Crippen molar-refractivity contribution in [3.63, 3.8) is 0 Å². The van der Waals surface area contributed by atoms with E-state index in [4.69, 9.17) is 9.47 Å². The molecule has 0 aliphatic rings. The third-order valence-electron chi connectivity index (χ3n) is 3.89. The molecule has 1 amide bonds. The summed E-state index contributed by atoms with van der Waals surface area (Å²) in [7, 11) is 0. The molecule has 0 unspecified atom stereocenters. The number of esters is 1. The van der Waals surface area contributed by atoms with Crippen molar-refractivity contribution >= 4 is 33.5 Å². The first-order chi connectivity index (χ1) is 12.5. The number of carbonyl (C=O) groups excluding carboxylic acids is 2. The molecule has 0 fully saturated rings. The number of hydrogen-bond acceptors (Lipinski definition) is 4. The first-order valence-electron chi connectivity index (χ1n) is 8.41. The second-order valence-electron chi connectivity index (χ2n) is 5.89. The molecule has 2 aromatic rings. The lowest BCUT2D eigenvalue weighted by Gasteiger charge is -2.11. The molecule has 0 aliphatic carbocycles. The van der Waals surface area contributed by atoms with Crippen LogP contribution in [0.5, 0.6) is 5.75 Å². The van der Waals surface area contributed by atoms with E-state index < -0.39 is 11.9 Å². The number of halogens is 1. The maximum absolute atomic E-state index is 11.9. The quantitative estimate of drug-likeness (QED) is 0.638. The highest BCUT2D eigenvalue weighted by Crippen LogP contribution is 2.20. The minimum atomic E-state index is -0.604. The van der Waals surface area contributed by atoms with Crippen molar-refractivity contribution in [2.24, 2.45) is 0 Å². The van der Waals surface area contributed by atoms with Gasteiger partial charge in [-0.05, 0) is 48.2 Å². The topological polar surface area (TPSA) is 64.6 Å². The predicted octanol–water partition coefficient (Wildman–Crippen LogP) is 4.52. The third kappa shape index (κ3) is 6.52. The van der Waals surface area contributed by atoms with E-state index in [0.717, 1.165) is 10.9 Å². The summed E-state index contributed by atoms with van der Waals surface area (Å²) in [6, 6.07) is 14.8. The number of hydrogen-bond donors (Lipinski definition) is 1. The Balaban J connectivity index is 1.73. The maximum atomic E-state index is 11.9. The molecule has 6 heteroatoms. The fraction of sp³-hybridized carbons (Fsp3) is 0.300. The van der Waals surface area contributed by atoms with Gasteiger partial charge in [-0.2, -0.15) is 0 Å². The van der Waals surface area contributed by atoms with Crippen LogP contribution in [0.2, 0.25) is 0 Å². The number of anilines is 1. The molecule has 0 saturated heterocycles. The van der Waals surface area contributed by atoms with Crippen molar-refractivity contribution in [3.05, 3.63) is 58.6 Å². The molecule has 0 spiro atoms. The number of benzene rings is 2. The van der Waals surface area contributed by atoms with Gasteiger partial charge < -0.3 is 14.8 Å². The second kappa shape index (κ2) is 9.97. The Bertz CT molecular complexity index is 746. The van der Waals surface area contributed by atoms with Crippen LogP contribution in [0.1, 0.15) is 31.7 Å². The molecule has 5 nitrogen and oxygen atoms in total. The Morgan fingerprint density at radius 1 is 1.12 bits per heavy atom. The highest BCUT2D eigenvalue weighted by Gasteiger charge is 2.09. The first kappa shape index (κ1) is 20.0. The van der Waals surface area contributed by atoms with E-state index in [0.29, 0.717) is 17.4 Å². The third-order valence-corrected chi connectivity index (χ3v) is 4.39. The number of rotatable bonds is 8. The van der Waals surface area contributed by atoms with Gasteiger partial charge in [-0.25, -0.2) is 4.79 Å². The van der Waals surface area contributed by atoms with Crippen LogP contribution in [0.25, 0.3) is 0 Å². The van der Waals surface area contributed by atoms with Crippen molar-refractivity contribution in [1.82, 2.24) is 0 Å². The number of amides is 1. The molecule has 0 saturated carbocycles. The standard InChI is InChI=1S/C20H22BrNO4/c1-3-14(2)15-7-9-17(10-8-15)22-19(23)12-26-20(24)13-25-18-6-4-5-16(21)11-18/h4-11,14H,3,12-13H2,1-2H3,(H,22,23)/t14-/m1/s1. The van der Waals surface area contributed by atoms with Gasteiger partial charge in [0.25, 0.3) is 5.91 Å². The SMILES string of the molecule is CC[C@@H](C)c1ccc(NC(=O)COC(=O)COc2cccc(Br)c2)cc1. The normalized spacial score (nSPS) is 11.5. The molecule has 0 radical (unpaired) electrons. The molecule has 0 aliphatic heterocycles. The van der Waals surface area contributed by atoms with Crippen molar-refractivity contribution in [2.45, 2.75) is 26.2 Å². The van der Waals surface area contributed by atoms with Gasteiger partial charge in [-0.3, -0.25) is 4.79 Å². The molecule has 26 heavy (non-hydrogen) atoms. The predicted molar refractivity (Wildman–Crippen MR) is 104 cm³/mol. The maximum Gasteiger partial charge on any atom is 0.344 e. The average Bonchev–Trinajstić information content (AvgIpc) is 2.64. The van der Waals surface area contributed by atoms with Gasteiger partial charge >= 0.3 is 5.97 Å². The summed E-state index contributed by atoms with van der Waals surface area (Å²) >= 11 is 3.32. The van der Waals surface area contributed by atoms with Crippen LogP contribution in [0.15, 0.2) is 53.0 Å². The molecule has 0 aromatic heterocycles. The summed E-state index contributed by atoms with van der Waals surface area (Å²) in [6.45, 7) is 3.68. The highest BCUT2D eigenvalue weighted by atomic mass is 79.9. The summed E-state index contributed by atoms with van der Waals surface area (Å²) < 4.78 is 11.1. The van der Waals surface area contributed by atoms with Gasteiger partial charge in [0.1, 0.15) is 5.75 Å². The van der Waals surface area contributed by atoms with Gasteiger partial charge in [-0.15, -0.1) is 0 Å². The summed E-state index contributed by atoms with van der Waals surface area (Å²) in [5.74, 6) is 0.0254. The Morgan fingerprint density at radius 3 is 2.50 bits per heavy atom. The van der Waals surface area contributed by atoms with E-state index in [1.54, 1.807) is 18.2 Å². The monoisotopic (exact) mass is 419 g/mol. The van der Waals surface area contributed by atoms with Crippen LogP contribution in [0, 0.1) is 0 Å². The lowest BCUT2D eigenvalue weighted by molar-refractivity contribution is -0.149. The average molecular weight is 420 g/mol. The molecule has 0 heterocycles. The van der Waals surface area contributed by atoms with Gasteiger partial charge in [-0.1, -0.05) is 48.0 Å². The van der Waals surface area contributed by atoms with Crippen LogP contribution in [-0.2, 0) is 14.3 Å². The summed E-state index contributed by atoms with van der Waals surface area (Å²) in [4.78, 5) is 23.5. The fourth-order valence-electron chi connectivity index (χ4n) is 2.21. The molecule has 1 atom stereocenters. The molecule has 2 aromatic carbocycles. The van der Waals surface area contributed by atoms with E-state index in [1.807, 2.05) is 30.3 Å². The smallest absolute Gasteiger partial charge is 0.344 e. The number of nitrogens with one attached hydrogen (secondary N) is 1. The summed E-state index contributed by atoms with van der Waals surface area (Å²) in [5, 5.41) is 2.70. The summed E-state index contributed by atoms with van der Waals surface area (Å²) in [6.07, 6.45) is 1.06. The van der Waals surface area contributed by atoms with Crippen molar-refractivity contribution in [3.8, 4) is 5.75 Å². The van der Waals surface area contributed by atoms with Crippen molar-refractivity contribution in [2.75, 3.05) is 18.5 Å². The van der Waals surface area contributed by atoms with Crippen LogP contribution in [0.3, 0.4) is 0 Å². The van der Waals surface area contributed by atoms with Gasteiger partial charge in [0.15, 0.2) is 13.2 Å². The fourth-order valence-corrected chi connectivity index (χ4v) is 2.59. The molecule has 138 valence electrons. The molecular weight excluding hydrogens is 398 g/mol. The zero-order valence-electron chi connectivity index (χ0n) is 14.8. The van der Waals surface area contributed by atoms with E-state index in [-0.39, 0.29) is 13.2 Å². The molecular formula is C20H22BrNO4. The van der Waals surface area contributed by atoms with Crippen LogP contribution < -0.4 is 10.1 Å². The number of ether oxygens (including phenoxy) is 2. The van der Waals surface area contributed by atoms with Gasteiger partial charge in [0.05, 0.1) is 0 Å². The van der Waals surface area contributed by atoms with Crippen LogP contribution >= 0.6 is 15.9 Å². The van der Waals surface area contributed by atoms with E-state index >= 15 is 0 Å². The van der Waals surface area contributed by atoms with E-state index in [1.165, 1.54) is 5.56 Å². The zero-order valence-corrected chi connectivity index (χ0v) is 16.4. The molecule has 0 bridgehead atoms. The van der Waals surface area contributed by atoms with E-state index in [9.17, 15) is 9.59 Å². The largest absolute Gasteiger partial charge is 0.482 e. The van der Waals surface area contributed by atoms with Gasteiger partial charge in [0, 0.05) is 10.2 Å². The Labute approximate surface area is 161 Å². The second-order valence-corrected chi connectivity index (χ2v) is 6.80.